The van der Waals surface area contributed by atoms with E-state index in [9.17, 15) is 9.90 Å². The lowest BCUT2D eigenvalue weighted by Crippen LogP contribution is -2.27. The van der Waals surface area contributed by atoms with Crippen molar-refractivity contribution < 1.29 is 19.4 Å². The molecule has 1 unspecified atom stereocenters. The van der Waals surface area contributed by atoms with Gasteiger partial charge in [0, 0.05) is 13.0 Å². The monoisotopic (exact) mass is 701 g/mol. The fraction of sp³-hybridized carbons (Fsp3) is 0.804. The summed E-state index contributed by atoms with van der Waals surface area (Å²) < 4.78 is 11.2. The molecule has 1 atom stereocenters. The van der Waals surface area contributed by atoms with Gasteiger partial charge in [0.25, 0.3) is 0 Å². The second-order valence-corrected chi connectivity index (χ2v) is 14.4. The van der Waals surface area contributed by atoms with E-state index in [1.54, 1.807) is 0 Å². The normalized spacial score (nSPS) is 12.8. The molecule has 0 aliphatic rings. The molecule has 0 saturated carbocycles. The lowest BCUT2D eigenvalue weighted by Gasteiger charge is -2.15. The van der Waals surface area contributed by atoms with E-state index in [0.29, 0.717) is 13.0 Å². The maximum absolute atomic E-state index is 12.2. The van der Waals surface area contributed by atoms with Crippen molar-refractivity contribution in [3.63, 3.8) is 0 Å². The maximum Gasteiger partial charge on any atom is 0.306 e. The Bertz CT molecular complexity index is 783. The van der Waals surface area contributed by atoms with E-state index in [-0.39, 0.29) is 19.2 Å². The van der Waals surface area contributed by atoms with Gasteiger partial charge in [-0.05, 0) is 77.0 Å². The van der Waals surface area contributed by atoms with Gasteiger partial charge >= 0.3 is 5.97 Å². The van der Waals surface area contributed by atoms with Crippen LogP contribution in [0.3, 0.4) is 0 Å². The first-order chi connectivity index (χ1) is 24.7. The van der Waals surface area contributed by atoms with Gasteiger partial charge in [-0.3, -0.25) is 4.79 Å². The van der Waals surface area contributed by atoms with Gasteiger partial charge in [-0.25, -0.2) is 0 Å². The summed E-state index contributed by atoms with van der Waals surface area (Å²) in [5.41, 5.74) is 0. The minimum absolute atomic E-state index is 0.180. The minimum atomic E-state index is -0.545. The van der Waals surface area contributed by atoms with Crippen LogP contribution in [0.4, 0.5) is 0 Å². The molecular formula is C46H84O4. The second kappa shape index (κ2) is 43.5. The summed E-state index contributed by atoms with van der Waals surface area (Å²) >= 11 is 0. The number of rotatable bonds is 40. The van der Waals surface area contributed by atoms with Crippen LogP contribution in [0.5, 0.6) is 0 Å². The third-order valence-corrected chi connectivity index (χ3v) is 9.38. The summed E-state index contributed by atoms with van der Waals surface area (Å²) in [5.74, 6) is -0.215. The summed E-state index contributed by atoms with van der Waals surface area (Å²) in [5, 5.41) is 9.60. The first kappa shape index (κ1) is 48.3. The van der Waals surface area contributed by atoms with Gasteiger partial charge in [0.1, 0.15) is 6.10 Å². The SMILES string of the molecule is CCCCCCC/C=C\C/C=C\C/C=C\CCCCCCCCC(=O)OC(CO)COCCCCCCCC/C=C\CCCCCCCCC. The first-order valence-corrected chi connectivity index (χ1v) is 21.7. The molecule has 0 rings (SSSR count). The third-order valence-electron chi connectivity index (χ3n) is 9.38. The Kier molecular flexibility index (Phi) is 42.1. The number of hydrogen-bond acceptors (Lipinski definition) is 4. The fourth-order valence-corrected chi connectivity index (χ4v) is 6.09. The molecule has 0 aliphatic heterocycles. The van der Waals surface area contributed by atoms with Gasteiger partial charge in [0.15, 0.2) is 0 Å². The van der Waals surface area contributed by atoms with Gasteiger partial charge in [-0.1, -0.05) is 178 Å². The zero-order valence-corrected chi connectivity index (χ0v) is 33.4. The standard InChI is InChI=1S/C46H84O4/c1-3-5-7-9-11-13-15-17-19-21-22-23-24-25-27-29-31-33-35-37-39-41-46(48)50-45(43-47)44-49-42-40-38-36-34-32-30-28-26-20-18-16-14-12-10-8-6-4-2/h15,17,20-22,24-26,45,47H,3-14,16,18-19,23,27-44H2,1-2H3/b17-15-,22-21-,25-24-,26-20-. The summed E-state index contributed by atoms with van der Waals surface area (Å²) in [6.07, 6.45) is 55.9. The molecule has 0 aromatic heterocycles. The average Bonchev–Trinajstić information content (AvgIpc) is 3.12. The Morgan fingerprint density at radius 1 is 0.480 bits per heavy atom. The van der Waals surface area contributed by atoms with Crippen LogP contribution < -0.4 is 0 Å². The van der Waals surface area contributed by atoms with Crippen molar-refractivity contribution in [3.05, 3.63) is 48.6 Å². The summed E-state index contributed by atoms with van der Waals surface area (Å²) in [7, 11) is 0. The number of ether oxygens (including phenoxy) is 2. The number of unbranched alkanes of at least 4 members (excludes halogenated alkanes) is 24. The highest BCUT2D eigenvalue weighted by molar-refractivity contribution is 5.69. The average molecular weight is 701 g/mol. The lowest BCUT2D eigenvalue weighted by atomic mass is 10.1. The number of aliphatic hydroxyl groups excluding tert-OH is 1. The van der Waals surface area contributed by atoms with Crippen LogP contribution in [-0.2, 0) is 14.3 Å². The number of hydrogen-bond donors (Lipinski definition) is 1. The van der Waals surface area contributed by atoms with Crippen molar-refractivity contribution in [3.8, 4) is 0 Å². The molecule has 1 N–H and O–H groups in total. The highest BCUT2D eigenvalue weighted by Gasteiger charge is 2.13. The molecule has 0 heterocycles. The van der Waals surface area contributed by atoms with E-state index >= 15 is 0 Å². The van der Waals surface area contributed by atoms with Gasteiger partial charge < -0.3 is 14.6 Å². The highest BCUT2D eigenvalue weighted by Crippen LogP contribution is 2.12. The minimum Gasteiger partial charge on any atom is -0.457 e. The molecule has 0 fully saturated rings. The van der Waals surface area contributed by atoms with Crippen molar-refractivity contribution in [2.24, 2.45) is 0 Å². The molecule has 0 spiro atoms. The molecule has 0 amide bonds. The highest BCUT2D eigenvalue weighted by atomic mass is 16.6. The summed E-state index contributed by atoms with van der Waals surface area (Å²) in [6.45, 7) is 5.32. The van der Waals surface area contributed by atoms with E-state index in [4.69, 9.17) is 9.47 Å². The smallest absolute Gasteiger partial charge is 0.306 e. The van der Waals surface area contributed by atoms with Gasteiger partial charge in [-0.15, -0.1) is 0 Å². The van der Waals surface area contributed by atoms with E-state index in [1.807, 2.05) is 0 Å². The van der Waals surface area contributed by atoms with Gasteiger partial charge in [-0.2, -0.15) is 0 Å². The molecule has 0 aromatic rings. The van der Waals surface area contributed by atoms with E-state index in [0.717, 1.165) is 44.9 Å². The maximum atomic E-state index is 12.2. The Morgan fingerprint density at radius 3 is 1.28 bits per heavy atom. The Morgan fingerprint density at radius 2 is 0.840 bits per heavy atom. The quantitative estimate of drug-likeness (QED) is 0.0393. The Balaban J connectivity index is 3.48. The van der Waals surface area contributed by atoms with Crippen molar-refractivity contribution in [2.45, 2.75) is 219 Å². The van der Waals surface area contributed by atoms with Crippen molar-refractivity contribution in [1.82, 2.24) is 0 Å². The van der Waals surface area contributed by atoms with Crippen molar-refractivity contribution in [2.75, 3.05) is 19.8 Å². The molecule has 0 bridgehead atoms. The number of aliphatic hydroxyl groups is 1. The summed E-state index contributed by atoms with van der Waals surface area (Å²) in [4.78, 5) is 12.2. The first-order valence-electron chi connectivity index (χ1n) is 21.7. The molecule has 0 radical (unpaired) electrons. The number of esters is 1. The topological polar surface area (TPSA) is 55.8 Å². The van der Waals surface area contributed by atoms with Crippen molar-refractivity contribution in [1.29, 1.82) is 0 Å². The Labute approximate surface area is 312 Å². The fourth-order valence-electron chi connectivity index (χ4n) is 6.09. The molecule has 292 valence electrons. The van der Waals surface area contributed by atoms with E-state index in [1.165, 1.54) is 148 Å². The van der Waals surface area contributed by atoms with Crippen LogP contribution in [0.2, 0.25) is 0 Å². The van der Waals surface area contributed by atoms with Crippen LogP contribution in [0.1, 0.15) is 213 Å². The second-order valence-electron chi connectivity index (χ2n) is 14.4. The van der Waals surface area contributed by atoms with Crippen LogP contribution in [-0.4, -0.2) is 37.0 Å². The number of carbonyl (C=O) groups is 1. The summed E-state index contributed by atoms with van der Waals surface area (Å²) in [6, 6.07) is 0. The lowest BCUT2D eigenvalue weighted by molar-refractivity contribution is -0.154. The van der Waals surface area contributed by atoms with Crippen LogP contribution in [0, 0.1) is 0 Å². The van der Waals surface area contributed by atoms with Gasteiger partial charge in [0.05, 0.1) is 13.2 Å². The Hall–Kier alpha value is -1.65. The predicted octanol–water partition coefficient (Wildman–Crippen LogP) is 14.3. The van der Waals surface area contributed by atoms with Gasteiger partial charge in [0.2, 0.25) is 0 Å². The van der Waals surface area contributed by atoms with E-state index in [2.05, 4.69) is 62.5 Å². The molecule has 0 aliphatic carbocycles. The van der Waals surface area contributed by atoms with E-state index < -0.39 is 6.10 Å². The molecular weight excluding hydrogens is 617 g/mol. The zero-order chi connectivity index (χ0) is 36.3. The molecule has 4 heteroatoms. The molecule has 0 saturated heterocycles. The van der Waals surface area contributed by atoms with Crippen LogP contribution in [0.15, 0.2) is 48.6 Å². The molecule has 4 nitrogen and oxygen atoms in total. The van der Waals surface area contributed by atoms with Crippen molar-refractivity contribution >= 4 is 5.97 Å². The zero-order valence-electron chi connectivity index (χ0n) is 33.4. The van der Waals surface area contributed by atoms with Crippen LogP contribution in [0.25, 0.3) is 0 Å². The predicted molar refractivity (Wildman–Crippen MR) is 219 cm³/mol. The number of carbonyl (C=O) groups excluding carboxylic acids is 1. The molecule has 0 aromatic carbocycles. The largest absolute Gasteiger partial charge is 0.457 e. The van der Waals surface area contributed by atoms with Crippen LogP contribution >= 0.6 is 0 Å². The molecule has 50 heavy (non-hydrogen) atoms. The number of allylic oxidation sites excluding steroid dienone is 8. The third kappa shape index (κ3) is 40.8.